The first-order valence-electron chi connectivity index (χ1n) is 10.3. The minimum atomic E-state index is -3.90. The second-order valence-corrected chi connectivity index (χ2v) is 12.1. The van der Waals surface area contributed by atoms with Gasteiger partial charge in [-0.1, -0.05) is 84.4 Å². The Morgan fingerprint density at radius 3 is 1.56 bits per heavy atom. The fourth-order valence-corrected chi connectivity index (χ4v) is 8.12. The zero-order chi connectivity index (χ0) is 22.6. The van der Waals surface area contributed by atoms with E-state index in [-0.39, 0.29) is 4.90 Å². The van der Waals surface area contributed by atoms with Crippen molar-refractivity contribution in [2.45, 2.75) is 17.2 Å². The van der Waals surface area contributed by atoms with E-state index in [0.29, 0.717) is 16.2 Å². The topological polar surface area (TPSA) is 63.2 Å². The van der Waals surface area contributed by atoms with Crippen LogP contribution in [0.4, 0.5) is 0 Å². The Hall–Kier alpha value is -2.98. The van der Waals surface area contributed by atoms with Crippen molar-refractivity contribution in [3.05, 3.63) is 126 Å². The van der Waals surface area contributed by atoms with Crippen LogP contribution in [0, 0.1) is 6.92 Å². The summed E-state index contributed by atoms with van der Waals surface area (Å²) in [6.45, 7) is 1.91. The van der Waals surface area contributed by atoms with Gasteiger partial charge in [-0.25, -0.2) is 13.5 Å². The molecule has 0 unspecified atom stereocenters. The molecule has 0 spiro atoms. The van der Waals surface area contributed by atoms with Gasteiger partial charge in [0.05, 0.1) is 4.90 Å². The molecule has 4 aromatic rings. The molecule has 0 saturated heterocycles. The SMILES string of the molecule is Cc1ccc(S(=O)(=O)[C@@H](NP(=O)(c2ccccc2)c2ccccc2)c2ccccc2)cc1. The highest BCUT2D eigenvalue weighted by Crippen LogP contribution is 2.44. The highest BCUT2D eigenvalue weighted by atomic mass is 32.2. The lowest BCUT2D eigenvalue weighted by Gasteiger charge is -2.27. The van der Waals surface area contributed by atoms with Crippen LogP contribution in [0.3, 0.4) is 0 Å². The maximum atomic E-state index is 14.6. The first-order valence-corrected chi connectivity index (χ1v) is 13.5. The van der Waals surface area contributed by atoms with Gasteiger partial charge in [-0.3, -0.25) is 4.57 Å². The molecule has 32 heavy (non-hydrogen) atoms. The predicted octanol–water partition coefficient (Wildman–Crippen LogP) is 4.99. The molecular weight excluding hydrogens is 437 g/mol. The molecule has 0 aliphatic carbocycles. The number of nitrogens with one attached hydrogen (secondary N) is 1. The van der Waals surface area contributed by atoms with E-state index in [1.54, 1.807) is 97.1 Å². The van der Waals surface area contributed by atoms with Gasteiger partial charge in [0.25, 0.3) is 0 Å². The van der Waals surface area contributed by atoms with Crippen molar-refractivity contribution < 1.29 is 13.0 Å². The lowest BCUT2D eigenvalue weighted by atomic mass is 10.2. The van der Waals surface area contributed by atoms with Crippen molar-refractivity contribution >= 4 is 27.7 Å². The summed E-state index contributed by atoms with van der Waals surface area (Å²) < 4.78 is 42.2. The lowest BCUT2D eigenvalue weighted by Crippen LogP contribution is -2.34. The second-order valence-electron chi connectivity index (χ2n) is 7.56. The minimum Gasteiger partial charge on any atom is -0.296 e. The lowest BCUT2D eigenvalue weighted by molar-refractivity contribution is 0.560. The van der Waals surface area contributed by atoms with Gasteiger partial charge in [-0.15, -0.1) is 0 Å². The number of hydrogen-bond acceptors (Lipinski definition) is 3. The van der Waals surface area contributed by atoms with Gasteiger partial charge in [0.2, 0.25) is 7.29 Å². The van der Waals surface area contributed by atoms with Gasteiger partial charge in [0.15, 0.2) is 9.84 Å². The molecule has 1 atom stereocenters. The molecule has 4 aromatic carbocycles. The molecule has 0 bridgehead atoms. The third kappa shape index (κ3) is 4.46. The van der Waals surface area contributed by atoms with Crippen LogP contribution in [0.15, 0.2) is 120 Å². The van der Waals surface area contributed by atoms with Gasteiger partial charge in [-0.2, -0.15) is 0 Å². The normalized spacial score (nSPS) is 12.9. The smallest absolute Gasteiger partial charge is 0.205 e. The third-order valence-electron chi connectivity index (χ3n) is 5.30. The maximum Gasteiger partial charge on any atom is 0.205 e. The molecule has 0 aliphatic rings. The van der Waals surface area contributed by atoms with E-state index in [1.165, 1.54) is 0 Å². The highest BCUT2D eigenvalue weighted by molar-refractivity contribution is 7.92. The number of sulfone groups is 1. The summed E-state index contributed by atoms with van der Waals surface area (Å²) in [4.78, 5) is 0.178. The van der Waals surface area contributed by atoms with Crippen molar-refractivity contribution in [1.29, 1.82) is 0 Å². The standard InChI is InChI=1S/C26H24NO3PS/c1-21-17-19-25(20-18-21)32(29,30)26(22-11-5-2-6-12-22)27-31(28,23-13-7-3-8-14-23)24-15-9-4-10-16-24/h2-20,26H,1H3,(H,27,28)/t26-/m1/s1. The number of hydrogen-bond donors (Lipinski definition) is 1. The van der Waals surface area contributed by atoms with Crippen molar-refractivity contribution in [3.8, 4) is 0 Å². The molecule has 4 nitrogen and oxygen atoms in total. The molecule has 6 heteroatoms. The van der Waals surface area contributed by atoms with Gasteiger partial charge in [0.1, 0.15) is 5.37 Å². The van der Waals surface area contributed by atoms with E-state index in [0.717, 1.165) is 5.56 Å². The average molecular weight is 462 g/mol. The summed E-state index contributed by atoms with van der Waals surface area (Å²) in [5, 5.41) is 3.00. The largest absolute Gasteiger partial charge is 0.296 e. The fourth-order valence-electron chi connectivity index (χ4n) is 3.55. The summed E-state index contributed by atoms with van der Waals surface area (Å²) in [5.74, 6) is 0. The van der Waals surface area contributed by atoms with Gasteiger partial charge >= 0.3 is 0 Å². The van der Waals surface area contributed by atoms with Crippen LogP contribution in [-0.2, 0) is 14.4 Å². The Morgan fingerprint density at radius 1 is 0.656 bits per heavy atom. The molecule has 0 aliphatic heterocycles. The predicted molar refractivity (Wildman–Crippen MR) is 130 cm³/mol. The van der Waals surface area contributed by atoms with Crippen molar-refractivity contribution in [1.82, 2.24) is 5.09 Å². The van der Waals surface area contributed by atoms with Gasteiger partial charge < -0.3 is 0 Å². The van der Waals surface area contributed by atoms with E-state index >= 15 is 0 Å². The first-order chi connectivity index (χ1) is 15.4. The van der Waals surface area contributed by atoms with Crippen LogP contribution in [0.2, 0.25) is 0 Å². The Balaban J connectivity index is 1.89. The maximum absolute atomic E-state index is 14.6. The Kier molecular flexibility index (Phi) is 6.43. The van der Waals surface area contributed by atoms with Crippen LogP contribution in [-0.4, -0.2) is 8.42 Å². The Bertz CT molecular complexity index is 1280. The van der Waals surface area contributed by atoms with Crippen LogP contribution in [0.5, 0.6) is 0 Å². The van der Waals surface area contributed by atoms with E-state index < -0.39 is 22.5 Å². The quantitative estimate of drug-likeness (QED) is 0.394. The number of rotatable bonds is 7. The average Bonchev–Trinajstić information content (AvgIpc) is 2.84. The molecule has 0 aromatic heterocycles. The van der Waals surface area contributed by atoms with Crippen LogP contribution >= 0.6 is 7.29 Å². The van der Waals surface area contributed by atoms with Crippen LogP contribution in [0.1, 0.15) is 16.5 Å². The van der Waals surface area contributed by atoms with Gasteiger partial charge in [0, 0.05) is 10.6 Å². The van der Waals surface area contributed by atoms with E-state index in [1.807, 2.05) is 25.1 Å². The summed E-state index contributed by atoms with van der Waals surface area (Å²) in [5.41, 5.74) is 1.49. The monoisotopic (exact) mass is 461 g/mol. The van der Waals surface area contributed by atoms with Crippen molar-refractivity contribution in [2.24, 2.45) is 0 Å². The number of aryl methyl sites for hydroxylation is 1. The third-order valence-corrected chi connectivity index (χ3v) is 10.1. The summed E-state index contributed by atoms with van der Waals surface area (Å²) in [6.07, 6.45) is 0. The molecule has 0 heterocycles. The van der Waals surface area contributed by atoms with E-state index in [2.05, 4.69) is 5.09 Å². The van der Waals surface area contributed by atoms with Crippen LogP contribution < -0.4 is 15.7 Å². The summed E-state index contributed by atoms with van der Waals surface area (Å²) in [6, 6.07) is 33.6. The molecule has 0 radical (unpaired) electrons. The first kappa shape index (κ1) is 22.2. The number of benzene rings is 4. The van der Waals surface area contributed by atoms with Crippen molar-refractivity contribution in [3.63, 3.8) is 0 Å². The van der Waals surface area contributed by atoms with E-state index in [4.69, 9.17) is 0 Å². The second kappa shape index (κ2) is 9.25. The zero-order valence-corrected chi connectivity index (χ0v) is 19.3. The molecule has 162 valence electrons. The summed E-state index contributed by atoms with van der Waals surface area (Å²) >= 11 is 0. The molecule has 0 amide bonds. The fraction of sp³-hybridized carbons (Fsp3) is 0.0769. The summed E-state index contributed by atoms with van der Waals surface area (Å²) in [7, 11) is -7.40. The molecule has 4 rings (SSSR count). The molecule has 0 fully saturated rings. The van der Waals surface area contributed by atoms with Crippen molar-refractivity contribution in [2.75, 3.05) is 0 Å². The van der Waals surface area contributed by atoms with Gasteiger partial charge in [-0.05, 0) is 48.9 Å². The molecular formula is C26H24NO3PS. The minimum absolute atomic E-state index is 0.178. The van der Waals surface area contributed by atoms with E-state index in [9.17, 15) is 13.0 Å². The Morgan fingerprint density at radius 2 is 1.09 bits per heavy atom. The van der Waals surface area contributed by atoms with Crippen LogP contribution in [0.25, 0.3) is 0 Å². The zero-order valence-electron chi connectivity index (χ0n) is 17.6. The molecule has 0 saturated carbocycles. The molecule has 1 N–H and O–H groups in total. The Labute approximate surface area is 189 Å². The highest BCUT2D eigenvalue weighted by Gasteiger charge is 2.37.